The molecule has 7 heteroatoms. The van der Waals surface area contributed by atoms with Gasteiger partial charge >= 0.3 is 5.97 Å². The van der Waals surface area contributed by atoms with Gasteiger partial charge in [0, 0.05) is 0 Å². The van der Waals surface area contributed by atoms with Crippen molar-refractivity contribution in [2.75, 3.05) is 17.7 Å². The van der Waals surface area contributed by atoms with Gasteiger partial charge in [-0.25, -0.2) is 4.79 Å². The van der Waals surface area contributed by atoms with Crippen LogP contribution in [0.3, 0.4) is 0 Å². The molecule has 0 aromatic heterocycles. The highest BCUT2D eigenvalue weighted by molar-refractivity contribution is 6.18. The summed E-state index contributed by atoms with van der Waals surface area (Å²) in [5.41, 5.74) is -0.0476. The predicted octanol–water partition coefficient (Wildman–Crippen LogP) is 2.70. The maximum absolute atomic E-state index is 12.8. The first-order chi connectivity index (χ1) is 13.0. The number of carbonyl (C=O) groups excluding carboxylic acids is 3. The van der Waals surface area contributed by atoms with E-state index in [0.717, 1.165) is 0 Å². The van der Waals surface area contributed by atoms with Gasteiger partial charge in [-0.1, -0.05) is 24.3 Å². The fraction of sp³-hybridized carbons (Fsp3) is 0.200. The minimum absolute atomic E-state index is 0.208. The Morgan fingerprint density at radius 3 is 2.11 bits per heavy atom. The lowest BCUT2D eigenvalue weighted by Crippen LogP contribution is -2.36. The predicted molar refractivity (Wildman–Crippen MR) is 97.9 cm³/mol. The molecule has 0 radical (unpaired) electrons. The van der Waals surface area contributed by atoms with Gasteiger partial charge in [-0.2, -0.15) is 5.26 Å². The van der Waals surface area contributed by atoms with E-state index in [2.05, 4.69) is 10.6 Å². The number of methoxy groups -OCH3 is 1. The average molecular weight is 363 g/mol. The summed E-state index contributed by atoms with van der Waals surface area (Å²) in [6, 6.07) is 15.0. The second kappa shape index (κ2) is 7.30. The lowest BCUT2D eigenvalue weighted by molar-refractivity contribution is -0.131. The molecule has 1 aliphatic rings. The number of nitrogens with zero attached hydrogens (tertiary/aromatic N) is 1. The van der Waals surface area contributed by atoms with Crippen LogP contribution in [-0.4, -0.2) is 24.9 Å². The SMILES string of the molecule is COC(=O)c1ccccc1NC(=O)C1(C(=O)Nc2ccccc2C#N)CC1. The van der Waals surface area contributed by atoms with Crippen molar-refractivity contribution in [3.05, 3.63) is 59.7 Å². The van der Waals surface area contributed by atoms with Crippen LogP contribution in [-0.2, 0) is 14.3 Å². The summed E-state index contributed by atoms with van der Waals surface area (Å²) in [4.78, 5) is 37.3. The number of amides is 2. The standard InChI is InChI=1S/C20H17N3O4/c1-27-17(24)14-7-3-5-9-16(14)23-19(26)20(10-11-20)18(25)22-15-8-4-2-6-13(15)12-21/h2-9H,10-11H2,1H3,(H,22,25)(H,23,26). The Kier molecular flexibility index (Phi) is 4.90. The molecule has 0 saturated heterocycles. The molecule has 0 atom stereocenters. The van der Waals surface area contributed by atoms with Gasteiger partial charge in [0.2, 0.25) is 11.8 Å². The molecule has 2 aromatic rings. The summed E-state index contributed by atoms with van der Waals surface area (Å²) in [5, 5.41) is 14.5. The highest BCUT2D eigenvalue weighted by Crippen LogP contribution is 2.47. The Hall–Kier alpha value is -3.66. The van der Waals surface area contributed by atoms with E-state index in [9.17, 15) is 14.4 Å². The minimum atomic E-state index is -1.22. The molecule has 1 aliphatic carbocycles. The molecular formula is C20H17N3O4. The van der Waals surface area contributed by atoms with Crippen LogP contribution >= 0.6 is 0 Å². The molecule has 1 fully saturated rings. The van der Waals surface area contributed by atoms with Gasteiger partial charge in [-0.3, -0.25) is 9.59 Å². The van der Waals surface area contributed by atoms with Gasteiger partial charge in [0.15, 0.2) is 0 Å². The van der Waals surface area contributed by atoms with Crippen LogP contribution < -0.4 is 10.6 Å². The Morgan fingerprint density at radius 2 is 1.52 bits per heavy atom. The quantitative estimate of drug-likeness (QED) is 0.627. The molecule has 0 aliphatic heterocycles. The van der Waals surface area contributed by atoms with E-state index in [0.29, 0.717) is 24.1 Å². The Bertz CT molecular complexity index is 958. The van der Waals surface area contributed by atoms with Crippen molar-refractivity contribution >= 4 is 29.2 Å². The maximum atomic E-state index is 12.8. The Balaban J connectivity index is 1.78. The molecule has 0 heterocycles. The Labute approximate surface area is 155 Å². The third-order valence-corrected chi connectivity index (χ3v) is 4.50. The van der Waals surface area contributed by atoms with Crippen molar-refractivity contribution in [2.45, 2.75) is 12.8 Å². The third-order valence-electron chi connectivity index (χ3n) is 4.50. The molecule has 0 unspecified atom stereocenters. The van der Waals surface area contributed by atoms with Crippen molar-refractivity contribution in [3.8, 4) is 6.07 Å². The van der Waals surface area contributed by atoms with Gasteiger partial charge in [0.05, 0.1) is 29.6 Å². The summed E-state index contributed by atoms with van der Waals surface area (Å²) in [5.74, 6) is -1.55. The van der Waals surface area contributed by atoms with E-state index >= 15 is 0 Å². The van der Waals surface area contributed by atoms with Crippen molar-refractivity contribution in [2.24, 2.45) is 5.41 Å². The zero-order valence-corrected chi connectivity index (χ0v) is 14.6. The highest BCUT2D eigenvalue weighted by atomic mass is 16.5. The molecule has 2 N–H and O–H groups in total. The molecule has 136 valence electrons. The number of ether oxygens (including phenoxy) is 1. The first-order valence-corrected chi connectivity index (χ1v) is 8.31. The molecule has 27 heavy (non-hydrogen) atoms. The molecule has 0 bridgehead atoms. The van der Waals surface area contributed by atoms with Crippen molar-refractivity contribution in [1.29, 1.82) is 5.26 Å². The molecule has 0 spiro atoms. The highest BCUT2D eigenvalue weighted by Gasteiger charge is 2.56. The van der Waals surface area contributed by atoms with E-state index in [1.54, 1.807) is 42.5 Å². The van der Waals surface area contributed by atoms with Crippen molar-refractivity contribution in [1.82, 2.24) is 0 Å². The van der Waals surface area contributed by atoms with E-state index in [-0.39, 0.29) is 11.3 Å². The van der Waals surface area contributed by atoms with Gasteiger partial charge in [-0.05, 0) is 37.1 Å². The van der Waals surface area contributed by atoms with E-state index in [1.807, 2.05) is 6.07 Å². The number of benzene rings is 2. The normalized spacial score (nSPS) is 13.8. The largest absolute Gasteiger partial charge is 0.465 e. The number of carbonyl (C=O) groups is 3. The number of hydrogen-bond acceptors (Lipinski definition) is 5. The lowest BCUT2D eigenvalue weighted by atomic mass is 10.0. The topological polar surface area (TPSA) is 108 Å². The molecule has 2 aromatic carbocycles. The van der Waals surface area contributed by atoms with Crippen molar-refractivity contribution in [3.63, 3.8) is 0 Å². The lowest BCUT2D eigenvalue weighted by Gasteiger charge is -2.17. The van der Waals surface area contributed by atoms with E-state index in [1.165, 1.54) is 13.2 Å². The number of esters is 1. The summed E-state index contributed by atoms with van der Waals surface area (Å²) < 4.78 is 4.71. The number of hydrogen-bond donors (Lipinski definition) is 2. The monoisotopic (exact) mass is 363 g/mol. The molecule has 1 saturated carbocycles. The summed E-state index contributed by atoms with van der Waals surface area (Å²) in [6.07, 6.45) is 0.777. The maximum Gasteiger partial charge on any atom is 0.339 e. The summed E-state index contributed by atoms with van der Waals surface area (Å²) in [7, 11) is 1.25. The van der Waals surface area contributed by atoms with E-state index < -0.39 is 23.2 Å². The van der Waals surface area contributed by atoms with Gasteiger partial charge in [-0.15, -0.1) is 0 Å². The smallest absolute Gasteiger partial charge is 0.339 e. The molecule has 3 rings (SSSR count). The molecule has 7 nitrogen and oxygen atoms in total. The van der Waals surface area contributed by atoms with Crippen LogP contribution in [0.2, 0.25) is 0 Å². The van der Waals surface area contributed by atoms with Crippen molar-refractivity contribution < 1.29 is 19.1 Å². The average Bonchev–Trinajstić information content (AvgIpc) is 3.50. The minimum Gasteiger partial charge on any atom is -0.465 e. The number of rotatable bonds is 5. The van der Waals surface area contributed by atoms with Crippen LogP contribution in [0.1, 0.15) is 28.8 Å². The number of nitrogens with one attached hydrogen (secondary N) is 2. The molecular weight excluding hydrogens is 346 g/mol. The summed E-state index contributed by atoms with van der Waals surface area (Å²) in [6.45, 7) is 0. The summed E-state index contributed by atoms with van der Waals surface area (Å²) >= 11 is 0. The fourth-order valence-corrected chi connectivity index (χ4v) is 2.74. The zero-order chi connectivity index (χ0) is 19.4. The fourth-order valence-electron chi connectivity index (χ4n) is 2.74. The van der Waals surface area contributed by atoms with Crippen LogP contribution in [0.25, 0.3) is 0 Å². The van der Waals surface area contributed by atoms with Crippen LogP contribution in [0.4, 0.5) is 11.4 Å². The van der Waals surface area contributed by atoms with Crippen LogP contribution in [0.5, 0.6) is 0 Å². The number of para-hydroxylation sites is 2. The second-order valence-electron chi connectivity index (χ2n) is 6.18. The van der Waals surface area contributed by atoms with Gasteiger partial charge in [0.1, 0.15) is 11.5 Å². The Morgan fingerprint density at radius 1 is 0.963 bits per heavy atom. The van der Waals surface area contributed by atoms with E-state index in [4.69, 9.17) is 10.00 Å². The van der Waals surface area contributed by atoms with Crippen LogP contribution in [0, 0.1) is 16.7 Å². The van der Waals surface area contributed by atoms with Crippen LogP contribution in [0.15, 0.2) is 48.5 Å². The third kappa shape index (κ3) is 3.51. The zero-order valence-electron chi connectivity index (χ0n) is 14.6. The number of nitriles is 1. The second-order valence-corrected chi connectivity index (χ2v) is 6.18. The first-order valence-electron chi connectivity index (χ1n) is 8.31. The van der Waals surface area contributed by atoms with Gasteiger partial charge in [0.25, 0.3) is 0 Å². The first kappa shape index (κ1) is 18.1. The number of anilines is 2. The molecule has 2 amide bonds. The van der Waals surface area contributed by atoms with Gasteiger partial charge < -0.3 is 15.4 Å².